The van der Waals surface area contributed by atoms with Gasteiger partial charge in [0.05, 0.1) is 17.4 Å². The van der Waals surface area contributed by atoms with E-state index >= 15 is 0 Å². The molecule has 2 nitrogen and oxygen atoms in total. The molecule has 21 heavy (non-hydrogen) atoms. The minimum Gasteiger partial charge on any atom is -0.259 e. The molecule has 0 amide bonds. The third-order valence-electron chi connectivity index (χ3n) is 3.77. The molecule has 0 radical (unpaired) electrons. The smallest absolute Gasteiger partial charge is 0.0899 e. The van der Waals surface area contributed by atoms with Crippen LogP contribution in [0.5, 0.6) is 0 Å². The van der Waals surface area contributed by atoms with E-state index in [-0.39, 0.29) is 0 Å². The van der Waals surface area contributed by atoms with E-state index in [4.69, 9.17) is 4.98 Å². The van der Waals surface area contributed by atoms with Crippen LogP contribution in [0.3, 0.4) is 0 Å². The highest BCUT2D eigenvalue weighted by atomic mass is 14.8. The van der Waals surface area contributed by atoms with Crippen LogP contribution in [0, 0.1) is 6.92 Å². The van der Waals surface area contributed by atoms with Crippen LogP contribution in [-0.2, 0) is 0 Å². The Bertz CT molecular complexity index is 943. The standard InChI is InChI=1S/C19H14N2/c1-13-11-17-15-9-5-6-10-16(15)19(21-18(17)12-20-13)14-7-3-2-4-8-14/h2-12H,1H3. The molecule has 0 aliphatic rings. The van der Waals surface area contributed by atoms with Crippen molar-refractivity contribution in [3.63, 3.8) is 0 Å². The maximum absolute atomic E-state index is 4.85. The number of pyridine rings is 2. The molecule has 2 aromatic carbocycles. The Morgan fingerprint density at radius 1 is 0.762 bits per heavy atom. The summed E-state index contributed by atoms with van der Waals surface area (Å²) in [6, 6.07) is 20.9. The lowest BCUT2D eigenvalue weighted by atomic mass is 10.0. The van der Waals surface area contributed by atoms with Gasteiger partial charge in [-0.15, -0.1) is 0 Å². The van der Waals surface area contributed by atoms with Gasteiger partial charge in [0.15, 0.2) is 0 Å². The lowest BCUT2D eigenvalue weighted by molar-refractivity contribution is 1.21. The SMILES string of the molecule is Cc1cc2c(cn1)nc(-c1ccccc1)c1ccccc12. The first-order chi connectivity index (χ1) is 10.3. The van der Waals surface area contributed by atoms with Gasteiger partial charge < -0.3 is 0 Å². The normalized spacial score (nSPS) is 11.1. The Balaban J connectivity index is 2.18. The van der Waals surface area contributed by atoms with Crippen molar-refractivity contribution < 1.29 is 0 Å². The predicted octanol–water partition coefficient (Wildman–Crippen LogP) is 4.76. The first kappa shape index (κ1) is 12.0. The Labute approximate surface area is 123 Å². The molecular weight excluding hydrogens is 256 g/mol. The summed E-state index contributed by atoms with van der Waals surface area (Å²) < 4.78 is 0. The van der Waals surface area contributed by atoms with Crippen LogP contribution in [0.2, 0.25) is 0 Å². The summed E-state index contributed by atoms with van der Waals surface area (Å²) in [6.45, 7) is 2.01. The second-order valence-corrected chi connectivity index (χ2v) is 5.21. The van der Waals surface area contributed by atoms with Gasteiger partial charge >= 0.3 is 0 Å². The molecule has 2 heteroatoms. The van der Waals surface area contributed by atoms with Gasteiger partial charge in [0, 0.05) is 22.0 Å². The number of aryl methyl sites for hydroxylation is 1. The van der Waals surface area contributed by atoms with E-state index in [1.54, 1.807) is 0 Å². The van der Waals surface area contributed by atoms with Crippen molar-refractivity contribution in [1.82, 2.24) is 9.97 Å². The fraction of sp³-hybridized carbons (Fsp3) is 0.0526. The van der Waals surface area contributed by atoms with Crippen LogP contribution in [0.4, 0.5) is 0 Å². The highest BCUT2D eigenvalue weighted by Gasteiger charge is 2.09. The van der Waals surface area contributed by atoms with Crippen molar-refractivity contribution in [2.45, 2.75) is 6.92 Å². The van der Waals surface area contributed by atoms with Crippen molar-refractivity contribution in [3.8, 4) is 11.3 Å². The molecule has 0 N–H and O–H groups in total. The van der Waals surface area contributed by atoms with Crippen LogP contribution in [0.15, 0.2) is 66.9 Å². The van der Waals surface area contributed by atoms with Crippen molar-refractivity contribution in [3.05, 3.63) is 72.6 Å². The molecule has 0 aliphatic heterocycles. The van der Waals surface area contributed by atoms with Crippen LogP contribution >= 0.6 is 0 Å². The maximum atomic E-state index is 4.85. The van der Waals surface area contributed by atoms with Crippen molar-refractivity contribution in [2.75, 3.05) is 0 Å². The van der Waals surface area contributed by atoms with Gasteiger partial charge in [0.2, 0.25) is 0 Å². The van der Waals surface area contributed by atoms with Crippen LogP contribution in [0.25, 0.3) is 32.9 Å². The third kappa shape index (κ3) is 1.96. The number of hydrogen-bond acceptors (Lipinski definition) is 2. The quantitative estimate of drug-likeness (QED) is 0.466. The molecule has 100 valence electrons. The predicted molar refractivity (Wildman–Crippen MR) is 87.2 cm³/mol. The highest BCUT2D eigenvalue weighted by molar-refractivity contribution is 6.10. The monoisotopic (exact) mass is 270 g/mol. The summed E-state index contributed by atoms with van der Waals surface area (Å²) in [5.74, 6) is 0. The number of hydrogen-bond donors (Lipinski definition) is 0. The zero-order valence-corrected chi connectivity index (χ0v) is 11.7. The van der Waals surface area contributed by atoms with Gasteiger partial charge in [0.25, 0.3) is 0 Å². The van der Waals surface area contributed by atoms with E-state index in [1.165, 1.54) is 10.8 Å². The van der Waals surface area contributed by atoms with E-state index < -0.39 is 0 Å². The fourth-order valence-corrected chi connectivity index (χ4v) is 2.78. The molecule has 0 aliphatic carbocycles. The summed E-state index contributed by atoms with van der Waals surface area (Å²) in [4.78, 5) is 9.24. The lowest BCUT2D eigenvalue weighted by Gasteiger charge is -2.10. The maximum Gasteiger partial charge on any atom is 0.0899 e. The lowest BCUT2D eigenvalue weighted by Crippen LogP contribution is -1.91. The average Bonchev–Trinajstić information content (AvgIpc) is 2.55. The number of rotatable bonds is 1. The van der Waals surface area contributed by atoms with Crippen molar-refractivity contribution >= 4 is 21.7 Å². The number of nitrogens with zero attached hydrogens (tertiary/aromatic N) is 2. The van der Waals surface area contributed by atoms with Gasteiger partial charge in [0.1, 0.15) is 0 Å². The minimum atomic E-state index is 0.943. The Hall–Kier alpha value is -2.74. The molecule has 0 unspecified atom stereocenters. The summed E-state index contributed by atoms with van der Waals surface area (Å²) >= 11 is 0. The van der Waals surface area contributed by atoms with Gasteiger partial charge in [-0.3, -0.25) is 4.98 Å². The zero-order valence-electron chi connectivity index (χ0n) is 11.7. The van der Waals surface area contributed by atoms with E-state index in [1.807, 2.05) is 31.3 Å². The van der Waals surface area contributed by atoms with E-state index in [9.17, 15) is 0 Å². The van der Waals surface area contributed by atoms with E-state index in [0.717, 1.165) is 27.9 Å². The molecule has 0 spiro atoms. The van der Waals surface area contributed by atoms with Gasteiger partial charge in [-0.2, -0.15) is 0 Å². The molecule has 4 aromatic rings. The van der Waals surface area contributed by atoms with Crippen LogP contribution in [-0.4, -0.2) is 9.97 Å². The summed E-state index contributed by atoms with van der Waals surface area (Å²) in [6.07, 6.45) is 1.86. The highest BCUT2D eigenvalue weighted by Crippen LogP contribution is 2.31. The van der Waals surface area contributed by atoms with Gasteiger partial charge in [-0.05, 0) is 18.4 Å². The minimum absolute atomic E-state index is 0.943. The first-order valence-electron chi connectivity index (χ1n) is 7.03. The van der Waals surface area contributed by atoms with Gasteiger partial charge in [-0.1, -0.05) is 54.6 Å². The topological polar surface area (TPSA) is 25.8 Å². The molecule has 0 fully saturated rings. The first-order valence-corrected chi connectivity index (χ1v) is 7.03. The zero-order chi connectivity index (χ0) is 14.2. The summed E-state index contributed by atoms with van der Waals surface area (Å²) in [7, 11) is 0. The Morgan fingerprint density at radius 3 is 2.29 bits per heavy atom. The van der Waals surface area contributed by atoms with E-state index in [0.29, 0.717) is 0 Å². The summed E-state index contributed by atoms with van der Waals surface area (Å²) in [5.41, 5.74) is 4.11. The van der Waals surface area contributed by atoms with Crippen LogP contribution < -0.4 is 0 Å². The average molecular weight is 270 g/mol. The second-order valence-electron chi connectivity index (χ2n) is 5.21. The van der Waals surface area contributed by atoms with Gasteiger partial charge in [-0.25, -0.2) is 4.98 Å². The van der Waals surface area contributed by atoms with E-state index in [2.05, 4.69) is 47.4 Å². The molecule has 0 atom stereocenters. The van der Waals surface area contributed by atoms with Crippen molar-refractivity contribution in [1.29, 1.82) is 0 Å². The molecular formula is C19H14N2. The number of fused-ring (bicyclic) bond motifs is 3. The number of benzene rings is 2. The molecule has 0 saturated carbocycles. The molecule has 2 heterocycles. The largest absolute Gasteiger partial charge is 0.259 e. The summed E-state index contributed by atoms with van der Waals surface area (Å²) in [5, 5.41) is 3.58. The Morgan fingerprint density at radius 2 is 1.48 bits per heavy atom. The second kappa shape index (κ2) is 4.67. The number of aromatic nitrogens is 2. The third-order valence-corrected chi connectivity index (χ3v) is 3.77. The fourth-order valence-electron chi connectivity index (χ4n) is 2.78. The van der Waals surface area contributed by atoms with Crippen molar-refractivity contribution in [2.24, 2.45) is 0 Å². The molecule has 0 bridgehead atoms. The molecule has 2 aromatic heterocycles. The molecule has 4 rings (SSSR count). The Kier molecular flexibility index (Phi) is 2.68. The molecule has 0 saturated heterocycles. The van der Waals surface area contributed by atoms with Crippen LogP contribution in [0.1, 0.15) is 5.69 Å².